The van der Waals surface area contributed by atoms with E-state index in [0.717, 1.165) is 63.6 Å². The smallest absolute Gasteiger partial charge is 0.191 e. The fourth-order valence-electron chi connectivity index (χ4n) is 4.31. The SMILES string of the molecule is CCNC(=NCC1(Cc2ccccc2)CC1)NC1CCN(Cc2ccccn2)CC1.I. The molecule has 2 heterocycles. The highest BCUT2D eigenvalue weighted by Gasteiger charge is 2.42. The van der Waals surface area contributed by atoms with Gasteiger partial charge in [0.1, 0.15) is 0 Å². The van der Waals surface area contributed by atoms with E-state index in [1.807, 2.05) is 12.3 Å². The average molecular weight is 534 g/mol. The molecular formula is C25H36IN5. The molecule has 1 saturated heterocycles. The van der Waals surface area contributed by atoms with Crippen molar-refractivity contribution < 1.29 is 0 Å². The third kappa shape index (κ3) is 7.45. The first-order chi connectivity index (χ1) is 14.7. The lowest BCUT2D eigenvalue weighted by Gasteiger charge is -2.33. The second-order valence-corrected chi connectivity index (χ2v) is 8.87. The predicted octanol–water partition coefficient (Wildman–Crippen LogP) is 4.24. The monoisotopic (exact) mass is 533 g/mol. The van der Waals surface area contributed by atoms with E-state index in [2.05, 4.69) is 69.9 Å². The van der Waals surface area contributed by atoms with Gasteiger partial charge in [-0.2, -0.15) is 0 Å². The Kier molecular flexibility index (Phi) is 9.14. The Labute approximate surface area is 204 Å². The lowest BCUT2D eigenvalue weighted by molar-refractivity contribution is 0.196. The molecule has 168 valence electrons. The maximum absolute atomic E-state index is 5.00. The van der Waals surface area contributed by atoms with E-state index in [0.29, 0.717) is 11.5 Å². The molecule has 2 N–H and O–H groups in total. The number of piperidine rings is 1. The van der Waals surface area contributed by atoms with Gasteiger partial charge in [0.15, 0.2) is 5.96 Å². The zero-order valence-electron chi connectivity index (χ0n) is 18.6. The molecular weight excluding hydrogens is 497 g/mol. The Balaban J connectivity index is 0.00000272. The highest BCUT2D eigenvalue weighted by atomic mass is 127. The quantitative estimate of drug-likeness (QED) is 0.303. The largest absolute Gasteiger partial charge is 0.357 e. The average Bonchev–Trinajstić information content (AvgIpc) is 3.54. The van der Waals surface area contributed by atoms with E-state index >= 15 is 0 Å². The van der Waals surface area contributed by atoms with Gasteiger partial charge in [0, 0.05) is 45.0 Å². The fraction of sp³-hybridized carbons (Fsp3) is 0.520. The van der Waals surface area contributed by atoms with Crippen molar-refractivity contribution in [1.29, 1.82) is 0 Å². The molecule has 4 rings (SSSR count). The van der Waals surface area contributed by atoms with Crippen LogP contribution < -0.4 is 10.6 Å². The Morgan fingerprint density at radius 1 is 1.10 bits per heavy atom. The summed E-state index contributed by atoms with van der Waals surface area (Å²) in [6.45, 7) is 7.11. The van der Waals surface area contributed by atoms with Gasteiger partial charge in [0.05, 0.1) is 5.69 Å². The van der Waals surface area contributed by atoms with E-state index in [-0.39, 0.29) is 24.0 Å². The van der Waals surface area contributed by atoms with Crippen molar-refractivity contribution in [3.05, 3.63) is 66.0 Å². The van der Waals surface area contributed by atoms with Crippen molar-refractivity contribution in [2.24, 2.45) is 10.4 Å². The highest BCUT2D eigenvalue weighted by Crippen LogP contribution is 2.48. The van der Waals surface area contributed by atoms with Gasteiger partial charge < -0.3 is 10.6 Å². The topological polar surface area (TPSA) is 52.6 Å². The van der Waals surface area contributed by atoms with Crippen LogP contribution in [0.5, 0.6) is 0 Å². The number of aromatic nitrogens is 1. The summed E-state index contributed by atoms with van der Waals surface area (Å²) in [5.74, 6) is 0.986. The van der Waals surface area contributed by atoms with E-state index in [4.69, 9.17) is 4.99 Å². The van der Waals surface area contributed by atoms with Gasteiger partial charge in [-0.1, -0.05) is 36.4 Å². The third-order valence-electron chi connectivity index (χ3n) is 6.34. The van der Waals surface area contributed by atoms with Crippen molar-refractivity contribution in [1.82, 2.24) is 20.5 Å². The first-order valence-corrected chi connectivity index (χ1v) is 11.5. The Hall–Kier alpha value is -1.67. The lowest BCUT2D eigenvalue weighted by Crippen LogP contribution is -2.48. The van der Waals surface area contributed by atoms with Gasteiger partial charge in [-0.25, -0.2) is 0 Å². The second kappa shape index (κ2) is 11.8. The highest BCUT2D eigenvalue weighted by molar-refractivity contribution is 14.0. The summed E-state index contributed by atoms with van der Waals surface area (Å²) in [4.78, 5) is 12.0. The van der Waals surface area contributed by atoms with E-state index in [1.54, 1.807) is 0 Å². The van der Waals surface area contributed by atoms with Gasteiger partial charge >= 0.3 is 0 Å². The fourth-order valence-corrected chi connectivity index (χ4v) is 4.31. The van der Waals surface area contributed by atoms with E-state index < -0.39 is 0 Å². The van der Waals surface area contributed by atoms with Crippen LogP contribution in [0.3, 0.4) is 0 Å². The maximum Gasteiger partial charge on any atom is 0.191 e. The molecule has 5 nitrogen and oxygen atoms in total. The standard InChI is InChI=1S/C25H35N5.HI/c1-2-26-24(28-20-25(13-14-25)18-21-8-4-3-5-9-21)29-22-11-16-30(17-12-22)19-23-10-6-7-15-27-23;/h3-10,15,22H,2,11-14,16-20H2,1H3,(H2,26,28,29);1H. The minimum atomic E-state index is 0. The number of aliphatic imine (C=N–C) groups is 1. The van der Waals surface area contributed by atoms with Gasteiger partial charge in [-0.05, 0) is 62.1 Å². The van der Waals surface area contributed by atoms with E-state index in [1.165, 1.54) is 18.4 Å². The molecule has 6 heteroatoms. The predicted molar refractivity (Wildman–Crippen MR) is 139 cm³/mol. The third-order valence-corrected chi connectivity index (χ3v) is 6.34. The molecule has 2 aromatic rings. The summed E-state index contributed by atoms with van der Waals surface area (Å²) in [6.07, 6.45) is 7.89. The minimum absolute atomic E-state index is 0. The molecule has 1 aliphatic carbocycles. The second-order valence-electron chi connectivity index (χ2n) is 8.87. The molecule has 1 saturated carbocycles. The van der Waals surface area contributed by atoms with Crippen LogP contribution in [0, 0.1) is 5.41 Å². The van der Waals surface area contributed by atoms with Gasteiger partial charge in [-0.15, -0.1) is 24.0 Å². The number of likely N-dealkylation sites (tertiary alicyclic amines) is 1. The Bertz CT molecular complexity index is 799. The summed E-state index contributed by atoms with van der Waals surface area (Å²) < 4.78 is 0. The first-order valence-electron chi connectivity index (χ1n) is 11.5. The summed E-state index contributed by atoms with van der Waals surface area (Å²) >= 11 is 0. The number of pyridine rings is 1. The molecule has 0 amide bonds. The van der Waals surface area contributed by atoms with Crippen LogP contribution in [0.15, 0.2) is 59.7 Å². The van der Waals surface area contributed by atoms with Gasteiger partial charge in [0.2, 0.25) is 0 Å². The molecule has 0 unspecified atom stereocenters. The first kappa shape index (κ1) is 24.0. The minimum Gasteiger partial charge on any atom is -0.357 e. The van der Waals surface area contributed by atoms with Crippen LogP contribution in [0.25, 0.3) is 0 Å². The Morgan fingerprint density at radius 3 is 2.48 bits per heavy atom. The van der Waals surface area contributed by atoms with Crippen LogP contribution in [0.2, 0.25) is 0 Å². The summed E-state index contributed by atoms with van der Waals surface area (Å²) in [7, 11) is 0. The molecule has 0 spiro atoms. The normalized spacial score (nSPS) is 18.8. The molecule has 1 aromatic heterocycles. The zero-order chi connectivity index (χ0) is 20.7. The number of halogens is 1. The van der Waals surface area contributed by atoms with E-state index in [9.17, 15) is 0 Å². The van der Waals surface area contributed by atoms with Crippen molar-refractivity contribution in [2.45, 2.75) is 51.6 Å². The van der Waals surface area contributed by atoms with Crippen LogP contribution in [-0.4, -0.2) is 48.1 Å². The maximum atomic E-state index is 5.00. The van der Waals surface area contributed by atoms with Crippen LogP contribution >= 0.6 is 24.0 Å². The number of nitrogens with one attached hydrogen (secondary N) is 2. The summed E-state index contributed by atoms with van der Waals surface area (Å²) in [5.41, 5.74) is 2.96. The van der Waals surface area contributed by atoms with Crippen molar-refractivity contribution in [2.75, 3.05) is 26.2 Å². The zero-order valence-corrected chi connectivity index (χ0v) is 20.9. The van der Waals surface area contributed by atoms with Crippen molar-refractivity contribution >= 4 is 29.9 Å². The molecule has 2 fully saturated rings. The van der Waals surface area contributed by atoms with Crippen molar-refractivity contribution in [3.63, 3.8) is 0 Å². The molecule has 1 aromatic carbocycles. The van der Waals surface area contributed by atoms with Crippen LogP contribution in [-0.2, 0) is 13.0 Å². The lowest BCUT2D eigenvalue weighted by atomic mass is 9.97. The number of hydrogen-bond donors (Lipinski definition) is 2. The van der Waals surface area contributed by atoms with Gasteiger partial charge in [-0.3, -0.25) is 14.9 Å². The van der Waals surface area contributed by atoms with Crippen LogP contribution in [0.1, 0.15) is 43.9 Å². The number of nitrogens with zero attached hydrogens (tertiary/aromatic N) is 3. The summed E-state index contributed by atoms with van der Waals surface area (Å²) in [6, 6.07) is 17.5. The summed E-state index contributed by atoms with van der Waals surface area (Å²) in [5, 5.41) is 7.16. The number of rotatable bonds is 8. The van der Waals surface area contributed by atoms with Crippen molar-refractivity contribution in [3.8, 4) is 0 Å². The number of benzene rings is 1. The van der Waals surface area contributed by atoms with Gasteiger partial charge in [0.25, 0.3) is 0 Å². The Morgan fingerprint density at radius 2 is 1.84 bits per heavy atom. The van der Waals surface area contributed by atoms with Crippen LogP contribution in [0.4, 0.5) is 0 Å². The molecule has 31 heavy (non-hydrogen) atoms. The molecule has 0 atom stereocenters. The molecule has 2 aliphatic rings. The molecule has 0 radical (unpaired) electrons. The number of guanidine groups is 1. The molecule has 0 bridgehead atoms. The number of hydrogen-bond acceptors (Lipinski definition) is 3. The molecule has 1 aliphatic heterocycles.